The number of imidazole rings is 2. The molecule has 15 nitrogen and oxygen atoms in total. The van der Waals surface area contributed by atoms with Crippen molar-refractivity contribution in [3.05, 3.63) is 132 Å². The van der Waals surface area contributed by atoms with Gasteiger partial charge in [-0.05, 0) is 61.2 Å². The summed E-state index contributed by atoms with van der Waals surface area (Å²) < 4.78 is 81.4. The zero-order valence-corrected chi connectivity index (χ0v) is 36.4. The highest BCUT2D eigenvalue weighted by Gasteiger charge is 2.53. The van der Waals surface area contributed by atoms with Crippen LogP contribution in [0.1, 0.15) is 53.9 Å². The van der Waals surface area contributed by atoms with Crippen molar-refractivity contribution in [2.75, 3.05) is 27.5 Å². The van der Waals surface area contributed by atoms with Crippen LogP contribution in [0.5, 0.6) is 11.5 Å². The highest BCUT2D eigenvalue weighted by atomic mass is 31.2. The number of nitrogens with zero attached hydrogens (tertiary/aromatic N) is 8. The Morgan fingerprint density at radius 2 is 1.17 bits per heavy atom. The molecule has 3 aromatic carbocycles. The van der Waals surface area contributed by atoms with Crippen LogP contribution in [0.15, 0.2) is 104 Å². The summed E-state index contributed by atoms with van der Waals surface area (Å²) in [6.07, 6.45) is -3.23. The lowest BCUT2D eigenvalue weighted by Gasteiger charge is -2.39. The number of hydrogen-bond acceptors (Lipinski definition) is 13. The Bertz CT molecular complexity index is 2610. The number of fused-ring (bicyclic) bond motifs is 2. The monoisotopic (exact) mass is 880 g/mol. The van der Waals surface area contributed by atoms with Crippen molar-refractivity contribution in [2.24, 2.45) is 0 Å². The van der Waals surface area contributed by atoms with E-state index in [1.165, 1.54) is 19.0 Å². The minimum atomic E-state index is -1.82. The van der Waals surface area contributed by atoms with Crippen molar-refractivity contribution < 1.29 is 41.5 Å². The first-order valence-corrected chi connectivity index (χ1v) is 22.2. The fourth-order valence-electron chi connectivity index (χ4n) is 8.47. The van der Waals surface area contributed by atoms with Gasteiger partial charge in [-0.1, -0.05) is 61.5 Å². The van der Waals surface area contributed by atoms with Gasteiger partial charge in [-0.15, -0.1) is 0 Å². The molecule has 0 saturated carbocycles. The van der Waals surface area contributed by atoms with Crippen LogP contribution in [0.4, 0.5) is 8.78 Å². The Balaban J connectivity index is 1.08. The van der Waals surface area contributed by atoms with Crippen molar-refractivity contribution in [1.29, 1.82) is 0 Å². The van der Waals surface area contributed by atoms with Gasteiger partial charge in [0.2, 0.25) is 0 Å². The highest BCUT2D eigenvalue weighted by molar-refractivity contribution is 7.46. The fourth-order valence-corrected chi connectivity index (χ4v) is 9.45. The van der Waals surface area contributed by atoms with Crippen LogP contribution >= 0.6 is 8.38 Å². The third-order valence-electron chi connectivity index (χ3n) is 11.7. The Morgan fingerprint density at radius 1 is 0.651 bits per heavy atom. The van der Waals surface area contributed by atoms with E-state index in [9.17, 15) is 0 Å². The Morgan fingerprint density at radius 3 is 1.71 bits per heavy atom. The molecule has 0 aliphatic carbocycles. The number of aromatic nitrogens is 8. The first-order valence-electron chi connectivity index (χ1n) is 20.6. The van der Waals surface area contributed by atoms with Crippen LogP contribution in [-0.4, -0.2) is 103 Å². The summed E-state index contributed by atoms with van der Waals surface area (Å²) >= 11 is 0. The first-order chi connectivity index (χ1) is 30.6. The van der Waals surface area contributed by atoms with Crippen LogP contribution in [0.2, 0.25) is 0 Å². The lowest BCUT2D eigenvalue weighted by molar-refractivity contribution is -0.103. The number of ether oxygens (including phenoxy) is 5. The lowest BCUT2D eigenvalue weighted by Crippen LogP contribution is -2.44. The predicted molar refractivity (Wildman–Crippen MR) is 229 cm³/mol. The largest absolute Gasteiger partial charge is 0.497 e. The maximum atomic E-state index is 17.8. The molecule has 0 N–H and O–H groups in total. The number of benzene rings is 3. The van der Waals surface area contributed by atoms with Crippen molar-refractivity contribution in [3.8, 4) is 11.5 Å². The molecule has 0 amide bonds. The number of alkyl halides is 2. The van der Waals surface area contributed by atoms with E-state index in [1.807, 2.05) is 99.6 Å². The lowest BCUT2D eigenvalue weighted by atomic mass is 9.79. The highest BCUT2D eigenvalue weighted by Crippen LogP contribution is 2.49. The molecule has 63 heavy (non-hydrogen) atoms. The van der Waals surface area contributed by atoms with Crippen molar-refractivity contribution in [1.82, 2.24) is 39.0 Å². The van der Waals surface area contributed by atoms with Crippen LogP contribution in [0.3, 0.4) is 0 Å². The summed E-state index contributed by atoms with van der Waals surface area (Å²) in [7, 11) is 1.37. The van der Waals surface area contributed by atoms with Gasteiger partial charge in [-0.3, -0.25) is 9.13 Å². The average Bonchev–Trinajstić information content (AvgIpc) is 4.09. The summed E-state index contributed by atoms with van der Waals surface area (Å²) in [6, 6.07) is 24.6. The van der Waals surface area contributed by atoms with Crippen LogP contribution in [0, 0.1) is 13.8 Å². The molecule has 2 saturated heterocycles. The van der Waals surface area contributed by atoms with E-state index in [0.29, 0.717) is 62.8 Å². The average molecular weight is 881 g/mol. The summed E-state index contributed by atoms with van der Waals surface area (Å²) in [5, 5.41) is 0. The molecular formula is C45H47F2N8O7P. The summed E-state index contributed by atoms with van der Waals surface area (Å²) in [5.74, 6) is 1.27. The molecule has 6 heterocycles. The molecule has 9 rings (SSSR count). The van der Waals surface area contributed by atoms with E-state index in [-0.39, 0.29) is 6.61 Å². The van der Waals surface area contributed by atoms with Gasteiger partial charge in [0.15, 0.2) is 44.5 Å². The standard InChI is InChI=1S/C45H47F2N8O7P/c1-7-33-35(46)40(44(59-33)55-25-53-38-27(3)49-23-51-42(38)55)62-63(6)58-21-34-39(36(47)43(60-34)54-24-52-37-26(2)48-22-50-41(37)54)61-45(28-11-9-8-10-12-28,29-13-17-31(56-4)18-14-29)30-15-19-32(57-5)20-16-30/h8-20,22-25,33-36,39-40,43-44H,7,21H2,1-6H3/t33?,34-,35+,36+,39?,40?,43-,44?,63?/m1/s1. The Hall–Kier alpha value is -5.55. The van der Waals surface area contributed by atoms with Gasteiger partial charge in [0, 0.05) is 6.66 Å². The van der Waals surface area contributed by atoms with Crippen LogP contribution in [0.25, 0.3) is 22.3 Å². The molecule has 2 fully saturated rings. The van der Waals surface area contributed by atoms with Crippen molar-refractivity contribution in [2.45, 2.75) is 82.0 Å². The smallest absolute Gasteiger partial charge is 0.174 e. The van der Waals surface area contributed by atoms with Gasteiger partial charge in [-0.2, -0.15) is 0 Å². The van der Waals surface area contributed by atoms with Crippen LogP contribution in [-0.2, 0) is 28.9 Å². The van der Waals surface area contributed by atoms with Crippen molar-refractivity contribution >= 4 is 30.7 Å². The topological polar surface area (TPSA) is 152 Å². The van der Waals surface area contributed by atoms with Gasteiger partial charge in [-0.25, -0.2) is 38.7 Å². The van der Waals surface area contributed by atoms with Gasteiger partial charge in [0.25, 0.3) is 0 Å². The molecule has 2 aliphatic heterocycles. The second kappa shape index (κ2) is 17.9. The predicted octanol–water partition coefficient (Wildman–Crippen LogP) is 7.90. The molecule has 2 aliphatic rings. The second-order valence-electron chi connectivity index (χ2n) is 15.4. The zero-order valence-electron chi connectivity index (χ0n) is 35.5. The normalized spacial score (nSPS) is 24.3. The quantitative estimate of drug-likeness (QED) is 0.0726. The SMILES string of the molecule is CCC1OC(n2cnc3c(C)ncnc32)C(OP(C)OC[C@H]2O[C@@H](n3cnc4c(C)ncnc43)[C@@H](F)C2OC(c2ccccc2)(c2ccc(OC)cc2)c2ccc(OC)cc2)[C@H]1F. The fraction of sp³-hybridized carbons (Fsp3) is 0.378. The molecular weight excluding hydrogens is 834 g/mol. The number of aryl methyl sites for hydroxylation is 2. The molecule has 5 unspecified atom stereocenters. The first kappa shape index (κ1) is 42.7. The number of halogens is 2. The maximum Gasteiger partial charge on any atom is 0.174 e. The summed E-state index contributed by atoms with van der Waals surface area (Å²) in [6.45, 7) is 7.02. The minimum absolute atomic E-state index is 0.187. The van der Waals surface area contributed by atoms with E-state index >= 15 is 8.78 Å². The second-order valence-corrected chi connectivity index (χ2v) is 16.7. The Labute approximate surface area is 363 Å². The summed E-state index contributed by atoms with van der Waals surface area (Å²) in [4.78, 5) is 26.4. The maximum absolute atomic E-state index is 17.8. The molecule has 0 bridgehead atoms. The van der Waals surface area contributed by atoms with E-state index in [2.05, 4.69) is 29.9 Å². The zero-order chi connectivity index (χ0) is 43.8. The Kier molecular flexibility index (Phi) is 12.1. The third kappa shape index (κ3) is 7.80. The molecule has 328 valence electrons. The molecule has 0 spiro atoms. The molecule has 0 radical (unpaired) electrons. The van der Waals surface area contributed by atoms with Gasteiger partial charge in [0.05, 0.1) is 51.0 Å². The summed E-state index contributed by atoms with van der Waals surface area (Å²) in [5.41, 5.74) is 4.02. The molecule has 4 aromatic heterocycles. The van der Waals surface area contributed by atoms with Gasteiger partial charge in [0.1, 0.15) is 59.1 Å². The molecule has 7 aromatic rings. The minimum Gasteiger partial charge on any atom is -0.497 e. The number of methoxy groups -OCH3 is 2. The molecule has 9 atom stereocenters. The van der Waals surface area contributed by atoms with Gasteiger partial charge < -0.3 is 32.7 Å². The van der Waals surface area contributed by atoms with E-state index < -0.39 is 63.2 Å². The molecule has 18 heteroatoms. The van der Waals surface area contributed by atoms with Gasteiger partial charge >= 0.3 is 0 Å². The van der Waals surface area contributed by atoms with E-state index in [4.69, 9.17) is 32.7 Å². The van der Waals surface area contributed by atoms with E-state index in [0.717, 1.165) is 5.56 Å². The van der Waals surface area contributed by atoms with E-state index in [1.54, 1.807) is 36.3 Å². The van der Waals surface area contributed by atoms with Crippen LogP contribution < -0.4 is 9.47 Å². The number of rotatable bonds is 15. The third-order valence-corrected chi connectivity index (χ3v) is 12.8. The van der Waals surface area contributed by atoms with Crippen molar-refractivity contribution in [3.63, 3.8) is 0 Å². The number of hydrogen-bond donors (Lipinski definition) is 0.